The molecule has 0 aliphatic heterocycles. The minimum atomic E-state index is -0.261. The lowest BCUT2D eigenvalue weighted by Crippen LogP contribution is -2.11. The molecule has 1 amide bonds. The Kier molecular flexibility index (Phi) is 5.04. The molecule has 0 aliphatic carbocycles. The fourth-order valence-corrected chi connectivity index (χ4v) is 2.75. The number of aromatic nitrogens is 2. The minimum absolute atomic E-state index is 0.261. The second-order valence-corrected chi connectivity index (χ2v) is 6.23. The number of ether oxygens (including phenoxy) is 1. The van der Waals surface area contributed by atoms with Crippen LogP contribution in [-0.4, -0.2) is 15.7 Å². The highest BCUT2D eigenvalue weighted by atomic mass is 16.5. The molecule has 4 rings (SSSR count). The molecule has 140 valence electrons. The summed E-state index contributed by atoms with van der Waals surface area (Å²) in [4.78, 5) is 12.6. The summed E-state index contributed by atoms with van der Waals surface area (Å²) in [6.07, 6.45) is 3.35. The number of nitriles is 1. The summed E-state index contributed by atoms with van der Waals surface area (Å²) >= 11 is 0. The van der Waals surface area contributed by atoms with E-state index in [-0.39, 0.29) is 5.91 Å². The molecule has 3 aromatic carbocycles. The average Bonchev–Trinajstić information content (AvgIpc) is 3.23. The smallest absolute Gasteiger partial charge is 0.255 e. The molecule has 0 saturated heterocycles. The van der Waals surface area contributed by atoms with Crippen LogP contribution in [0.15, 0.2) is 91.3 Å². The van der Waals surface area contributed by atoms with Crippen LogP contribution in [0.2, 0.25) is 0 Å². The zero-order valence-corrected chi connectivity index (χ0v) is 15.3. The Labute approximate surface area is 167 Å². The summed E-state index contributed by atoms with van der Waals surface area (Å²) in [5.74, 6) is 0.857. The molecule has 6 nitrogen and oxygen atoms in total. The summed E-state index contributed by atoms with van der Waals surface area (Å²) in [6, 6.07) is 25.4. The maximum Gasteiger partial charge on any atom is 0.255 e. The molecule has 0 aliphatic rings. The molecule has 6 heteroatoms. The van der Waals surface area contributed by atoms with Gasteiger partial charge in [0.15, 0.2) is 0 Å². The van der Waals surface area contributed by atoms with E-state index in [1.165, 1.54) is 0 Å². The van der Waals surface area contributed by atoms with Crippen LogP contribution >= 0.6 is 0 Å². The molecule has 4 aromatic rings. The molecule has 0 bridgehead atoms. The van der Waals surface area contributed by atoms with Gasteiger partial charge in [-0.1, -0.05) is 24.3 Å². The van der Waals surface area contributed by atoms with E-state index in [1.807, 2.05) is 30.3 Å². The number of anilines is 1. The Balaban J connectivity index is 1.46. The number of nitrogens with one attached hydrogen (secondary N) is 1. The van der Waals surface area contributed by atoms with E-state index in [0.717, 1.165) is 5.69 Å². The molecule has 29 heavy (non-hydrogen) atoms. The standard InChI is InChI=1S/C23H16N4O2/c24-14-17-9-11-21(12-10-17)29-22-8-4-5-18(13-22)23(28)26-19-15-25-27(16-19)20-6-2-1-3-7-20/h1-13,15-16H,(H,26,28). The number of para-hydroxylation sites is 1. The highest BCUT2D eigenvalue weighted by Gasteiger charge is 2.10. The van der Waals surface area contributed by atoms with Gasteiger partial charge in [-0.15, -0.1) is 0 Å². The van der Waals surface area contributed by atoms with E-state index in [9.17, 15) is 4.79 Å². The van der Waals surface area contributed by atoms with Gasteiger partial charge in [-0.2, -0.15) is 10.4 Å². The van der Waals surface area contributed by atoms with Gasteiger partial charge in [0.1, 0.15) is 11.5 Å². The predicted molar refractivity (Wildman–Crippen MR) is 109 cm³/mol. The van der Waals surface area contributed by atoms with E-state index in [1.54, 1.807) is 65.6 Å². The van der Waals surface area contributed by atoms with E-state index in [4.69, 9.17) is 10.00 Å². The molecule has 0 radical (unpaired) electrons. The first kappa shape index (κ1) is 18.0. The van der Waals surface area contributed by atoms with Gasteiger partial charge >= 0.3 is 0 Å². The number of hydrogen-bond donors (Lipinski definition) is 1. The zero-order valence-electron chi connectivity index (χ0n) is 15.3. The van der Waals surface area contributed by atoms with Crippen molar-refractivity contribution in [3.63, 3.8) is 0 Å². The van der Waals surface area contributed by atoms with Crippen LogP contribution in [0.1, 0.15) is 15.9 Å². The first-order valence-corrected chi connectivity index (χ1v) is 8.91. The van der Waals surface area contributed by atoms with Gasteiger partial charge in [-0.25, -0.2) is 4.68 Å². The summed E-state index contributed by atoms with van der Waals surface area (Å²) in [7, 11) is 0. The zero-order chi connectivity index (χ0) is 20.1. The monoisotopic (exact) mass is 380 g/mol. The Morgan fingerprint density at radius 3 is 2.52 bits per heavy atom. The average molecular weight is 380 g/mol. The number of amides is 1. The highest BCUT2D eigenvalue weighted by molar-refractivity contribution is 6.04. The van der Waals surface area contributed by atoms with Crippen LogP contribution in [0.25, 0.3) is 5.69 Å². The maximum absolute atomic E-state index is 12.6. The van der Waals surface area contributed by atoms with Crippen LogP contribution < -0.4 is 10.1 Å². The van der Waals surface area contributed by atoms with E-state index in [0.29, 0.717) is 28.3 Å². The lowest BCUT2D eigenvalue weighted by Gasteiger charge is -2.08. The normalized spacial score (nSPS) is 10.2. The van der Waals surface area contributed by atoms with Crippen molar-refractivity contribution < 1.29 is 9.53 Å². The van der Waals surface area contributed by atoms with Crippen LogP contribution in [0.5, 0.6) is 11.5 Å². The van der Waals surface area contributed by atoms with Crippen molar-refractivity contribution in [2.24, 2.45) is 0 Å². The van der Waals surface area contributed by atoms with E-state index < -0.39 is 0 Å². The Hall–Kier alpha value is -4.37. The number of nitrogens with zero attached hydrogens (tertiary/aromatic N) is 3. The molecule has 0 fully saturated rings. The third-order valence-corrected chi connectivity index (χ3v) is 4.18. The summed E-state index contributed by atoms with van der Waals surface area (Å²) in [6.45, 7) is 0. The number of carbonyl (C=O) groups is 1. The number of benzene rings is 3. The largest absolute Gasteiger partial charge is 0.457 e. The fourth-order valence-electron chi connectivity index (χ4n) is 2.75. The summed E-state index contributed by atoms with van der Waals surface area (Å²) in [5.41, 5.74) is 2.52. The second kappa shape index (κ2) is 8.11. The Morgan fingerprint density at radius 2 is 1.76 bits per heavy atom. The third-order valence-electron chi connectivity index (χ3n) is 4.18. The Morgan fingerprint density at radius 1 is 0.966 bits per heavy atom. The summed E-state index contributed by atoms with van der Waals surface area (Å²) in [5, 5.41) is 16.0. The lowest BCUT2D eigenvalue weighted by molar-refractivity contribution is 0.102. The van der Waals surface area contributed by atoms with Crippen molar-refractivity contribution in [2.75, 3.05) is 5.32 Å². The predicted octanol–water partition coefficient (Wildman–Crippen LogP) is 4.79. The van der Waals surface area contributed by atoms with Crippen LogP contribution in [0, 0.1) is 11.3 Å². The van der Waals surface area contributed by atoms with E-state index >= 15 is 0 Å². The molecule has 0 spiro atoms. The van der Waals surface area contributed by atoms with Gasteiger partial charge < -0.3 is 10.1 Å². The van der Waals surface area contributed by atoms with Crippen molar-refractivity contribution >= 4 is 11.6 Å². The minimum Gasteiger partial charge on any atom is -0.457 e. The molecule has 1 aromatic heterocycles. The van der Waals surface area contributed by atoms with Gasteiger partial charge in [0, 0.05) is 5.56 Å². The molecule has 1 heterocycles. The SMILES string of the molecule is N#Cc1ccc(Oc2cccc(C(=O)Nc3cnn(-c4ccccc4)c3)c2)cc1. The van der Waals surface area contributed by atoms with Gasteiger partial charge in [-0.05, 0) is 54.6 Å². The first-order valence-electron chi connectivity index (χ1n) is 8.91. The van der Waals surface area contributed by atoms with Crippen molar-refractivity contribution in [3.05, 3.63) is 102 Å². The molecule has 0 atom stereocenters. The molecule has 0 unspecified atom stereocenters. The third kappa shape index (κ3) is 4.31. The first-order chi connectivity index (χ1) is 14.2. The van der Waals surface area contributed by atoms with Crippen molar-refractivity contribution in [2.45, 2.75) is 0 Å². The summed E-state index contributed by atoms with van der Waals surface area (Å²) < 4.78 is 7.47. The molecular formula is C23H16N4O2. The topological polar surface area (TPSA) is 79.9 Å². The highest BCUT2D eigenvalue weighted by Crippen LogP contribution is 2.23. The fraction of sp³-hybridized carbons (Fsp3) is 0. The van der Waals surface area contributed by atoms with Crippen LogP contribution in [-0.2, 0) is 0 Å². The van der Waals surface area contributed by atoms with Crippen molar-refractivity contribution in [1.29, 1.82) is 5.26 Å². The molecular weight excluding hydrogens is 364 g/mol. The van der Waals surface area contributed by atoms with Gasteiger partial charge in [0.2, 0.25) is 0 Å². The number of hydrogen-bond acceptors (Lipinski definition) is 4. The quantitative estimate of drug-likeness (QED) is 0.540. The second-order valence-electron chi connectivity index (χ2n) is 6.23. The van der Waals surface area contributed by atoms with Gasteiger partial charge in [-0.3, -0.25) is 4.79 Å². The molecule has 0 saturated carbocycles. The van der Waals surface area contributed by atoms with Crippen molar-refractivity contribution in [1.82, 2.24) is 9.78 Å². The van der Waals surface area contributed by atoms with Gasteiger partial charge in [0.05, 0.1) is 35.4 Å². The van der Waals surface area contributed by atoms with E-state index in [2.05, 4.69) is 16.5 Å². The van der Waals surface area contributed by atoms with Gasteiger partial charge in [0.25, 0.3) is 5.91 Å². The number of carbonyl (C=O) groups excluding carboxylic acids is 1. The molecule has 1 N–H and O–H groups in total. The van der Waals surface area contributed by atoms with Crippen LogP contribution in [0.3, 0.4) is 0 Å². The maximum atomic E-state index is 12.6. The number of rotatable bonds is 5. The lowest BCUT2D eigenvalue weighted by atomic mass is 10.2. The van der Waals surface area contributed by atoms with Crippen molar-refractivity contribution in [3.8, 4) is 23.3 Å². The van der Waals surface area contributed by atoms with Crippen LogP contribution in [0.4, 0.5) is 5.69 Å². The Bertz CT molecular complexity index is 1180.